The topological polar surface area (TPSA) is 120 Å². The summed E-state index contributed by atoms with van der Waals surface area (Å²) < 4.78 is 24.4. The molecular formula is C21H36ClFN2O6S. The van der Waals surface area contributed by atoms with Gasteiger partial charge in [-0.1, -0.05) is 0 Å². The minimum absolute atomic E-state index is 0.166. The average molecular weight is 499 g/mol. The third kappa shape index (κ3) is 5.89. The first-order chi connectivity index (χ1) is 15.3. The van der Waals surface area contributed by atoms with E-state index in [0.29, 0.717) is 25.5 Å². The van der Waals surface area contributed by atoms with Gasteiger partial charge in [-0.25, -0.2) is 0 Å². The fraction of sp³-hybridized carbons (Fsp3) is 0.952. The SMILES string of the molecule is CSC1OC([C@H](NC(=O)[C@H]2NC[C@@H]3C[C@H](CCCF)CCO[C@H]32)[C@H](C)Cl)C(O)C(O)C1O. The molecule has 0 aromatic carbocycles. The Bertz CT molecular complexity index is 621. The van der Waals surface area contributed by atoms with E-state index in [9.17, 15) is 24.5 Å². The zero-order valence-electron chi connectivity index (χ0n) is 18.5. The summed E-state index contributed by atoms with van der Waals surface area (Å²) in [5, 5.41) is 36.4. The van der Waals surface area contributed by atoms with E-state index in [1.165, 1.54) is 11.8 Å². The predicted molar refractivity (Wildman–Crippen MR) is 120 cm³/mol. The lowest BCUT2D eigenvalue weighted by molar-refractivity contribution is -0.205. The lowest BCUT2D eigenvalue weighted by atomic mass is 9.87. The first-order valence-corrected chi connectivity index (χ1v) is 13.1. The van der Waals surface area contributed by atoms with Gasteiger partial charge in [0, 0.05) is 13.2 Å². The predicted octanol–water partition coefficient (Wildman–Crippen LogP) is 0.402. The van der Waals surface area contributed by atoms with E-state index in [1.807, 2.05) is 0 Å². The highest BCUT2D eigenvalue weighted by Crippen LogP contribution is 2.34. The molecule has 3 fully saturated rings. The molecule has 0 saturated carbocycles. The van der Waals surface area contributed by atoms with Crippen LogP contribution in [0.4, 0.5) is 4.39 Å². The van der Waals surface area contributed by atoms with Crippen molar-refractivity contribution in [1.82, 2.24) is 10.6 Å². The molecule has 11 heteroatoms. The van der Waals surface area contributed by atoms with Crippen molar-refractivity contribution < 1.29 is 34.0 Å². The summed E-state index contributed by atoms with van der Waals surface area (Å²) >= 11 is 7.56. The maximum Gasteiger partial charge on any atom is 0.240 e. The number of aliphatic hydroxyl groups excluding tert-OH is 3. The molecule has 0 spiro atoms. The summed E-state index contributed by atoms with van der Waals surface area (Å²) in [6, 6.07) is -1.37. The lowest BCUT2D eigenvalue weighted by Gasteiger charge is -2.44. The van der Waals surface area contributed by atoms with Crippen LogP contribution in [0.25, 0.3) is 0 Å². The molecule has 5 unspecified atom stereocenters. The molecule has 3 rings (SSSR count). The van der Waals surface area contributed by atoms with Gasteiger partial charge in [-0.15, -0.1) is 23.4 Å². The number of rotatable bonds is 8. The molecule has 0 aromatic heterocycles. The van der Waals surface area contributed by atoms with Gasteiger partial charge in [0.2, 0.25) is 5.91 Å². The number of hydrogen-bond donors (Lipinski definition) is 5. The van der Waals surface area contributed by atoms with Crippen LogP contribution in [0.2, 0.25) is 0 Å². The summed E-state index contributed by atoms with van der Waals surface area (Å²) in [4.78, 5) is 13.2. The van der Waals surface area contributed by atoms with Crippen molar-refractivity contribution in [2.45, 2.75) is 86.0 Å². The molecule has 3 heterocycles. The van der Waals surface area contributed by atoms with Crippen LogP contribution in [0.1, 0.15) is 32.6 Å². The fourth-order valence-corrected chi connectivity index (χ4v) is 5.98. The third-order valence-electron chi connectivity index (χ3n) is 6.89. The first kappa shape index (κ1) is 26.4. The Morgan fingerprint density at radius 3 is 2.72 bits per heavy atom. The zero-order valence-corrected chi connectivity index (χ0v) is 20.1. The quantitative estimate of drug-likeness (QED) is 0.305. The maximum absolute atomic E-state index is 13.2. The molecule has 0 radical (unpaired) electrons. The van der Waals surface area contributed by atoms with Gasteiger partial charge in [0.25, 0.3) is 0 Å². The van der Waals surface area contributed by atoms with Crippen LogP contribution >= 0.6 is 23.4 Å². The zero-order chi connectivity index (χ0) is 23.4. The van der Waals surface area contributed by atoms with Crippen molar-refractivity contribution in [3.05, 3.63) is 0 Å². The summed E-state index contributed by atoms with van der Waals surface area (Å²) in [7, 11) is 0. The van der Waals surface area contributed by atoms with Crippen LogP contribution < -0.4 is 10.6 Å². The number of hydrogen-bond acceptors (Lipinski definition) is 8. The number of alkyl halides is 2. The van der Waals surface area contributed by atoms with Crippen molar-refractivity contribution >= 4 is 29.3 Å². The summed E-state index contributed by atoms with van der Waals surface area (Å²) in [5.41, 5.74) is -0.756. The second kappa shape index (κ2) is 12.0. The molecule has 0 bridgehead atoms. The monoisotopic (exact) mass is 498 g/mol. The fourth-order valence-electron chi connectivity index (χ4n) is 5.10. The summed E-state index contributed by atoms with van der Waals surface area (Å²) in [6.45, 7) is 2.53. The van der Waals surface area contributed by atoms with Gasteiger partial charge >= 0.3 is 0 Å². The highest BCUT2D eigenvalue weighted by Gasteiger charge is 2.49. The van der Waals surface area contributed by atoms with Gasteiger partial charge in [-0.3, -0.25) is 9.18 Å². The van der Waals surface area contributed by atoms with Gasteiger partial charge < -0.3 is 35.4 Å². The Kier molecular flexibility index (Phi) is 9.88. The molecule has 5 N–H and O–H groups in total. The van der Waals surface area contributed by atoms with Gasteiger partial charge in [-0.2, -0.15) is 0 Å². The number of halogens is 2. The number of carbonyl (C=O) groups excluding carboxylic acids is 1. The summed E-state index contributed by atoms with van der Waals surface area (Å²) in [5.74, 6) is 0.246. The Balaban J connectivity index is 1.66. The van der Waals surface area contributed by atoms with Crippen LogP contribution in [-0.4, -0.2) is 101 Å². The normalized spacial score (nSPS) is 42.0. The number of carbonyl (C=O) groups is 1. The number of nitrogens with one attached hydrogen (secondary N) is 2. The average Bonchev–Trinajstić information content (AvgIpc) is 3.05. The minimum Gasteiger partial charge on any atom is -0.388 e. The van der Waals surface area contributed by atoms with Crippen molar-refractivity contribution in [2.75, 3.05) is 26.1 Å². The Hall–Kier alpha value is -0.200. The minimum atomic E-state index is -1.42. The molecule has 3 aliphatic rings. The van der Waals surface area contributed by atoms with E-state index in [1.54, 1.807) is 13.2 Å². The number of aliphatic hydroxyl groups is 3. The van der Waals surface area contributed by atoms with Gasteiger partial charge in [-0.05, 0) is 50.7 Å². The molecule has 1 amide bonds. The molecule has 8 nitrogen and oxygen atoms in total. The highest BCUT2D eigenvalue weighted by atomic mass is 35.5. The number of ether oxygens (including phenoxy) is 2. The first-order valence-electron chi connectivity index (χ1n) is 11.4. The van der Waals surface area contributed by atoms with Gasteiger partial charge in [0.15, 0.2) is 0 Å². The molecule has 0 aliphatic carbocycles. The van der Waals surface area contributed by atoms with Crippen LogP contribution in [0.3, 0.4) is 0 Å². The number of amides is 1. The standard InChI is InChI=1S/C21H36ClFN2O6S/c1-10(22)13(19-16(27)15(26)17(28)21(31-19)32-2)25-20(29)14-18-12(9-24-14)8-11(4-3-6-23)5-7-30-18/h10-19,21,24,26-28H,3-9H2,1-2H3,(H,25,29)/t10-,11+,12-,13+,14-,15?,16?,17?,18+,19?,21?/m0/s1. The van der Waals surface area contributed by atoms with Crippen LogP contribution in [0.15, 0.2) is 0 Å². The highest BCUT2D eigenvalue weighted by molar-refractivity contribution is 7.99. The smallest absolute Gasteiger partial charge is 0.240 e. The molecule has 11 atom stereocenters. The van der Waals surface area contributed by atoms with E-state index >= 15 is 0 Å². The van der Waals surface area contributed by atoms with E-state index in [4.69, 9.17) is 21.1 Å². The second-order valence-corrected chi connectivity index (χ2v) is 10.7. The van der Waals surface area contributed by atoms with Crippen LogP contribution in [-0.2, 0) is 14.3 Å². The molecule has 0 aromatic rings. The van der Waals surface area contributed by atoms with Crippen LogP contribution in [0, 0.1) is 11.8 Å². The number of thioether (sulfide) groups is 1. The van der Waals surface area contributed by atoms with E-state index in [-0.39, 0.29) is 24.6 Å². The van der Waals surface area contributed by atoms with Crippen molar-refractivity contribution in [2.24, 2.45) is 11.8 Å². The lowest BCUT2D eigenvalue weighted by Crippen LogP contribution is -2.65. The third-order valence-corrected chi connectivity index (χ3v) is 8.02. The van der Waals surface area contributed by atoms with Crippen molar-refractivity contribution in [1.29, 1.82) is 0 Å². The molecular weight excluding hydrogens is 463 g/mol. The summed E-state index contributed by atoms with van der Waals surface area (Å²) in [6.07, 6.45) is -0.498. The van der Waals surface area contributed by atoms with Gasteiger partial charge in [0.1, 0.15) is 35.9 Å². The largest absolute Gasteiger partial charge is 0.388 e. The van der Waals surface area contributed by atoms with Crippen molar-refractivity contribution in [3.8, 4) is 0 Å². The molecule has 3 aliphatic heterocycles. The van der Waals surface area contributed by atoms with E-state index < -0.39 is 47.3 Å². The molecule has 3 saturated heterocycles. The van der Waals surface area contributed by atoms with Gasteiger partial charge in [0.05, 0.1) is 24.2 Å². The Morgan fingerprint density at radius 1 is 1.31 bits per heavy atom. The van der Waals surface area contributed by atoms with Crippen molar-refractivity contribution in [3.63, 3.8) is 0 Å². The number of fused-ring (bicyclic) bond motifs is 1. The van der Waals surface area contributed by atoms with E-state index in [0.717, 1.165) is 19.3 Å². The van der Waals surface area contributed by atoms with E-state index in [2.05, 4.69) is 10.6 Å². The molecule has 32 heavy (non-hydrogen) atoms. The second-order valence-electron chi connectivity index (χ2n) is 9.09. The Morgan fingerprint density at radius 2 is 2.06 bits per heavy atom. The molecule has 186 valence electrons. The van der Waals surface area contributed by atoms with Crippen LogP contribution in [0.5, 0.6) is 0 Å². The maximum atomic E-state index is 13.2. The Labute approximate surface area is 197 Å².